The topological polar surface area (TPSA) is 85.4 Å². The predicted molar refractivity (Wildman–Crippen MR) is 133 cm³/mol. The number of anilines is 2. The third-order valence-corrected chi connectivity index (χ3v) is 5.86. The Hall–Kier alpha value is -4.18. The van der Waals surface area contributed by atoms with Gasteiger partial charge in [0.05, 0.1) is 29.9 Å². The van der Waals surface area contributed by atoms with Crippen molar-refractivity contribution in [1.82, 2.24) is 9.97 Å². The number of fused-ring (bicyclic) bond motifs is 1. The van der Waals surface area contributed by atoms with Crippen molar-refractivity contribution in [3.05, 3.63) is 89.7 Å². The van der Waals surface area contributed by atoms with E-state index < -0.39 is 17.6 Å². The fraction of sp³-hybridized carbons (Fsp3) is 0.222. The monoisotopic (exact) mass is 508 g/mol. The zero-order valence-corrected chi connectivity index (χ0v) is 19.6. The number of nitrogens with zero attached hydrogens (tertiary/aromatic N) is 2. The number of hydrogen-bond donors (Lipinski definition) is 2. The van der Waals surface area contributed by atoms with Gasteiger partial charge in [-0.05, 0) is 48.0 Å². The summed E-state index contributed by atoms with van der Waals surface area (Å²) in [5, 5.41) is 6.68. The predicted octanol–water partition coefficient (Wildman–Crippen LogP) is 5.68. The quantitative estimate of drug-likeness (QED) is 0.334. The lowest BCUT2D eigenvalue weighted by atomic mass is 10.1. The van der Waals surface area contributed by atoms with Crippen molar-refractivity contribution < 1.29 is 27.4 Å². The number of amides is 1. The fourth-order valence-electron chi connectivity index (χ4n) is 4.05. The number of benzene rings is 2. The number of rotatable bonds is 7. The summed E-state index contributed by atoms with van der Waals surface area (Å²) in [6.07, 6.45) is -1.12. The Labute approximate surface area is 210 Å². The van der Waals surface area contributed by atoms with E-state index in [0.29, 0.717) is 32.0 Å². The summed E-state index contributed by atoms with van der Waals surface area (Å²) in [6.45, 7) is 1.17. The van der Waals surface area contributed by atoms with Crippen LogP contribution in [0.2, 0.25) is 0 Å². The number of carbonyl (C=O) groups is 1. The molecule has 1 atom stereocenters. The van der Waals surface area contributed by atoms with Crippen molar-refractivity contribution in [3.63, 3.8) is 0 Å². The highest BCUT2D eigenvalue weighted by atomic mass is 19.4. The number of alkyl halides is 3. The molecule has 1 aliphatic heterocycles. The van der Waals surface area contributed by atoms with Gasteiger partial charge in [0.2, 0.25) is 0 Å². The second-order valence-electron chi connectivity index (χ2n) is 8.58. The molecule has 0 bridgehead atoms. The van der Waals surface area contributed by atoms with Crippen LogP contribution in [0.1, 0.15) is 27.9 Å². The summed E-state index contributed by atoms with van der Waals surface area (Å²) in [5.74, 6) is -0.290. The Bertz CT molecular complexity index is 1420. The number of nitrogens with one attached hydrogen (secondary N) is 2. The van der Waals surface area contributed by atoms with Crippen LogP contribution in [0.5, 0.6) is 5.75 Å². The van der Waals surface area contributed by atoms with Crippen molar-refractivity contribution in [3.8, 4) is 5.75 Å². The van der Waals surface area contributed by atoms with Crippen molar-refractivity contribution >= 4 is 28.3 Å². The fourth-order valence-corrected chi connectivity index (χ4v) is 4.05. The number of hydrogen-bond acceptors (Lipinski definition) is 6. The zero-order valence-electron chi connectivity index (χ0n) is 19.6. The Morgan fingerprint density at radius 1 is 1.05 bits per heavy atom. The second kappa shape index (κ2) is 10.4. The SMILES string of the molecule is O=C(Nc1cc(OC2CCOC2)cc(C(F)(F)F)c1)c1cccnc1NCc1ccc2ncccc2c1. The zero-order chi connectivity index (χ0) is 25.8. The van der Waals surface area contributed by atoms with Gasteiger partial charge in [-0.2, -0.15) is 13.2 Å². The molecule has 10 heteroatoms. The molecule has 5 rings (SSSR count). The molecule has 7 nitrogen and oxygen atoms in total. The van der Waals surface area contributed by atoms with Gasteiger partial charge in [0.1, 0.15) is 17.7 Å². The standard InChI is InChI=1S/C27H23F3N4O3/c28-27(29,30)19-12-20(14-22(13-19)37-21-7-10-36-16-21)34-26(35)23-4-2-9-32-25(23)33-15-17-5-6-24-18(11-17)3-1-8-31-24/h1-6,8-9,11-14,21H,7,10,15-16H2,(H,32,33)(H,34,35). The van der Waals surface area contributed by atoms with Crippen LogP contribution in [0.25, 0.3) is 10.9 Å². The first-order valence-corrected chi connectivity index (χ1v) is 11.7. The van der Waals surface area contributed by atoms with E-state index in [1.165, 1.54) is 12.3 Å². The van der Waals surface area contributed by atoms with E-state index in [4.69, 9.17) is 9.47 Å². The van der Waals surface area contributed by atoms with Gasteiger partial charge in [0.15, 0.2) is 0 Å². The van der Waals surface area contributed by atoms with Crippen LogP contribution in [0.15, 0.2) is 73.1 Å². The van der Waals surface area contributed by atoms with Crippen LogP contribution in [-0.2, 0) is 17.5 Å². The van der Waals surface area contributed by atoms with E-state index in [2.05, 4.69) is 20.6 Å². The van der Waals surface area contributed by atoms with Crippen molar-refractivity contribution in [1.29, 1.82) is 0 Å². The second-order valence-corrected chi connectivity index (χ2v) is 8.58. The summed E-state index contributed by atoms with van der Waals surface area (Å²) >= 11 is 0. The van der Waals surface area contributed by atoms with Crippen molar-refractivity contribution in [2.24, 2.45) is 0 Å². The molecule has 1 amide bonds. The van der Waals surface area contributed by atoms with Gasteiger partial charge in [0, 0.05) is 42.5 Å². The molecule has 1 fully saturated rings. The lowest BCUT2D eigenvalue weighted by Crippen LogP contribution is -2.18. The van der Waals surface area contributed by atoms with Crippen LogP contribution in [0, 0.1) is 0 Å². The van der Waals surface area contributed by atoms with E-state index in [0.717, 1.165) is 28.6 Å². The highest BCUT2D eigenvalue weighted by Crippen LogP contribution is 2.35. The molecular weight excluding hydrogens is 485 g/mol. The molecule has 4 aromatic rings. The Morgan fingerprint density at radius 3 is 2.70 bits per heavy atom. The van der Waals surface area contributed by atoms with Crippen LogP contribution >= 0.6 is 0 Å². The summed E-state index contributed by atoms with van der Waals surface area (Å²) in [5.41, 5.74) is 1.05. The Morgan fingerprint density at radius 2 is 1.89 bits per heavy atom. The van der Waals surface area contributed by atoms with Crippen molar-refractivity contribution in [2.45, 2.75) is 25.2 Å². The lowest BCUT2D eigenvalue weighted by Gasteiger charge is -2.17. The van der Waals surface area contributed by atoms with Crippen LogP contribution in [-0.4, -0.2) is 35.2 Å². The number of carbonyl (C=O) groups excluding carboxylic acids is 1. The maximum Gasteiger partial charge on any atom is 0.416 e. The number of aromatic nitrogens is 2. The number of ether oxygens (including phenoxy) is 2. The minimum Gasteiger partial charge on any atom is -0.488 e. The molecule has 2 N–H and O–H groups in total. The molecule has 2 aromatic heterocycles. The summed E-state index contributed by atoms with van der Waals surface area (Å²) in [4.78, 5) is 21.7. The smallest absolute Gasteiger partial charge is 0.416 e. The van der Waals surface area contributed by atoms with E-state index in [1.807, 2.05) is 30.3 Å². The van der Waals surface area contributed by atoms with E-state index >= 15 is 0 Å². The third kappa shape index (κ3) is 5.97. The lowest BCUT2D eigenvalue weighted by molar-refractivity contribution is -0.137. The third-order valence-electron chi connectivity index (χ3n) is 5.86. The molecule has 0 aliphatic carbocycles. The largest absolute Gasteiger partial charge is 0.488 e. The molecule has 37 heavy (non-hydrogen) atoms. The molecular formula is C27H23F3N4O3. The normalized spacial score (nSPS) is 15.5. The molecule has 0 radical (unpaired) electrons. The van der Waals surface area contributed by atoms with Gasteiger partial charge in [-0.1, -0.05) is 12.1 Å². The van der Waals surface area contributed by atoms with Crippen LogP contribution in [0.4, 0.5) is 24.7 Å². The van der Waals surface area contributed by atoms with Gasteiger partial charge < -0.3 is 20.1 Å². The van der Waals surface area contributed by atoms with Gasteiger partial charge in [0.25, 0.3) is 5.91 Å². The molecule has 1 aliphatic rings. The molecule has 2 aromatic carbocycles. The number of halogens is 3. The summed E-state index contributed by atoms with van der Waals surface area (Å²) in [6, 6.07) is 15.9. The maximum atomic E-state index is 13.5. The Balaban J connectivity index is 1.34. The van der Waals surface area contributed by atoms with E-state index in [-0.39, 0.29) is 23.1 Å². The first-order chi connectivity index (χ1) is 17.8. The first kappa shape index (κ1) is 24.5. The molecule has 0 spiro atoms. The van der Waals surface area contributed by atoms with E-state index in [1.54, 1.807) is 18.3 Å². The molecule has 3 heterocycles. The number of pyridine rings is 2. The Kier molecular flexibility index (Phi) is 6.91. The highest BCUT2D eigenvalue weighted by Gasteiger charge is 2.32. The minimum absolute atomic E-state index is 0.0101. The van der Waals surface area contributed by atoms with Gasteiger partial charge >= 0.3 is 6.18 Å². The minimum atomic E-state index is -4.61. The first-order valence-electron chi connectivity index (χ1n) is 11.7. The van der Waals surface area contributed by atoms with Gasteiger partial charge in [-0.15, -0.1) is 0 Å². The van der Waals surface area contributed by atoms with Crippen LogP contribution < -0.4 is 15.4 Å². The van der Waals surface area contributed by atoms with Gasteiger partial charge in [-0.3, -0.25) is 9.78 Å². The molecule has 190 valence electrons. The summed E-state index contributed by atoms with van der Waals surface area (Å²) in [7, 11) is 0. The average molecular weight is 509 g/mol. The molecule has 1 saturated heterocycles. The highest BCUT2D eigenvalue weighted by molar-refractivity contribution is 6.07. The molecule has 0 saturated carbocycles. The summed E-state index contributed by atoms with van der Waals surface area (Å²) < 4.78 is 51.5. The van der Waals surface area contributed by atoms with Gasteiger partial charge in [-0.25, -0.2) is 4.98 Å². The molecule has 1 unspecified atom stereocenters. The average Bonchev–Trinajstić information content (AvgIpc) is 3.40. The van der Waals surface area contributed by atoms with Crippen molar-refractivity contribution in [2.75, 3.05) is 23.8 Å². The maximum absolute atomic E-state index is 13.5. The van der Waals surface area contributed by atoms with Crippen LogP contribution in [0.3, 0.4) is 0 Å². The van der Waals surface area contributed by atoms with E-state index in [9.17, 15) is 18.0 Å².